The van der Waals surface area contributed by atoms with Crippen molar-refractivity contribution in [2.75, 3.05) is 6.61 Å². The van der Waals surface area contributed by atoms with Crippen LogP contribution < -0.4 is 5.73 Å². The average molecular weight is 206 g/mol. The molecule has 6 heteroatoms. The molecule has 3 N–H and O–H groups in total. The van der Waals surface area contributed by atoms with Crippen molar-refractivity contribution in [3.63, 3.8) is 0 Å². The van der Waals surface area contributed by atoms with Crippen molar-refractivity contribution in [1.82, 2.24) is 15.1 Å². The lowest BCUT2D eigenvalue weighted by molar-refractivity contribution is 0.237. The number of aliphatic hydroxyl groups excluding tert-OH is 1. The van der Waals surface area contributed by atoms with Gasteiger partial charge in [-0.3, -0.25) is 4.98 Å². The smallest absolute Gasteiger partial charge is 0.246 e. The molecular weight excluding hydrogens is 196 g/mol. The highest BCUT2D eigenvalue weighted by Gasteiger charge is 2.14. The zero-order valence-electron chi connectivity index (χ0n) is 7.87. The second-order valence-corrected chi connectivity index (χ2v) is 2.98. The number of hydrogen-bond acceptors (Lipinski definition) is 6. The van der Waals surface area contributed by atoms with E-state index in [2.05, 4.69) is 15.1 Å². The van der Waals surface area contributed by atoms with Crippen LogP contribution >= 0.6 is 0 Å². The minimum atomic E-state index is -0.631. The Morgan fingerprint density at radius 3 is 2.80 bits per heavy atom. The Morgan fingerprint density at radius 1 is 1.40 bits per heavy atom. The second-order valence-electron chi connectivity index (χ2n) is 2.98. The molecule has 0 aliphatic heterocycles. The molecule has 0 bridgehead atoms. The van der Waals surface area contributed by atoms with Crippen LogP contribution in [0.25, 0.3) is 11.4 Å². The van der Waals surface area contributed by atoms with Gasteiger partial charge in [-0.2, -0.15) is 4.98 Å². The van der Waals surface area contributed by atoms with Crippen LogP contribution in [0.3, 0.4) is 0 Å². The topological polar surface area (TPSA) is 98.1 Å². The summed E-state index contributed by atoms with van der Waals surface area (Å²) in [5, 5.41) is 12.6. The molecule has 0 aromatic carbocycles. The Kier molecular flexibility index (Phi) is 2.70. The highest BCUT2D eigenvalue weighted by Crippen LogP contribution is 2.16. The first-order chi connectivity index (χ1) is 7.31. The predicted octanol–water partition coefficient (Wildman–Crippen LogP) is 0.124. The first-order valence-electron chi connectivity index (χ1n) is 4.41. The highest BCUT2D eigenvalue weighted by molar-refractivity contribution is 5.52. The largest absolute Gasteiger partial charge is 0.394 e. The number of nitrogens with zero attached hydrogens (tertiary/aromatic N) is 3. The van der Waals surface area contributed by atoms with Crippen molar-refractivity contribution in [2.45, 2.75) is 6.04 Å². The summed E-state index contributed by atoms with van der Waals surface area (Å²) in [6.45, 7) is -0.224. The number of pyridine rings is 1. The molecule has 0 aliphatic rings. The van der Waals surface area contributed by atoms with Crippen LogP contribution in [-0.4, -0.2) is 26.8 Å². The van der Waals surface area contributed by atoms with E-state index in [4.69, 9.17) is 15.4 Å². The summed E-state index contributed by atoms with van der Waals surface area (Å²) in [7, 11) is 0. The molecule has 2 rings (SSSR count). The van der Waals surface area contributed by atoms with Gasteiger partial charge < -0.3 is 15.4 Å². The molecule has 6 nitrogen and oxygen atoms in total. The molecule has 2 aromatic heterocycles. The third-order valence-electron chi connectivity index (χ3n) is 1.89. The van der Waals surface area contributed by atoms with Gasteiger partial charge in [0, 0.05) is 18.0 Å². The molecule has 2 heterocycles. The number of rotatable bonds is 3. The Morgan fingerprint density at radius 2 is 2.13 bits per heavy atom. The number of nitrogens with two attached hydrogens (primary N) is 1. The molecule has 0 saturated carbocycles. The number of hydrogen-bond donors (Lipinski definition) is 2. The summed E-state index contributed by atoms with van der Waals surface area (Å²) in [5.41, 5.74) is 6.32. The zero-order valence-corrected chi connectivity index (χ0v) is 7.87. The van der Waals surface area contributed by atoms with Crippen LogP contribution in [0.5, 0.6) is 0 Å². The fourth-order valence-electron chi connectivity index (χ4n) is 1.08. The Hall–Kier alpha value is -1.79. The van der Waals surface area contributed by atoms with Gasteiger partial charge >= 0.3 is 0 Å². The summed E-state index contributed by atoms with van der Waals surface area (Å²) in [6, 6.07) is 2.89. The van der Waals surface area contributed by atoms with E-state index in [0.29, 0.717) is 5.82 Å². The van der Waals surface area contributed by atoms with E-state index >= 15 is 0 Å². The normalized spacial score (nSPS) is 12.7. The van der Waals surface area contributed by atoms with Gasteiger partial charge in [0.25, 0.3) is 0 Å². The fraction of sp³-hybridized carbons (Fsp3) is 0.222. The lowest BCUT2D eigenvalue weighted by atomic mass is 10.2. The van der Waals surface area contributed by atoms with Gasteiger partial charge in [-0.1, -0.05) is 5.16 Å². The van der Waals surface area contributed by atoms with Crippen LogP contribution in [0.1, 0.15) is 11.9 Å². The van der Waals surface area contributed by atoms with E-state index in [0.717, 1.165) is 5.56 Å². The fourth-order valence-corrected chi connectivity index (χ4v) is 1.08. The molecule has 0 unspecified atom stereocenters. The van der Waals surface area contributed by atoms with Crippen LogP contribution in [-0.2, 0) is 0 Å². The van der Waals surface area contributed by atoms with Gasteiger partial charge in [0.1, 0.15) is 6.04 Å². The summed E-state index contributed by atoms with van der Waals surface area (Å²) in [4.78, 5) is 7.94. The lowest BCUT2D eigenvalue weighted by Crippen LogP contribution is -2.14. The quantitative estimate of drug-likeness (QED) is 0.740. The molecule has 78 valence electrons. The zero-order chi connectivity index (χ0) is 10.7. The monoisotopic (exact) mass is 206 g/mol. The Labute approximate surface area is 85.8 Å². The molecule has 0 amide bonds. The van der Waals surface area contributed by atoms with Crippen molar-refractivity contribution in [2.24, 2.45) is 5.73 Å². The highest BCUT2D eigenvalue weighted by atomic mass is 16.5. The van der Waals surface area contributed by atoms with E-state index < -0.39 is 6.04 Å². The minimum absolute atomic E-state index is 0.224. The summed E-state index contributed by atoms with van der Waals surface area (Å²) in [6.07, 6.45) is 3.27. The van der Waals surface area contributed by atoms with Crippen molar-refractivity contribution in [3.8, 4) is 11.4 Å². The van der Waals surface area contributed by atoms with Crippen LogP contribution in [0, 0.1) is 0 Å². The first-order valence-corrected chi connectivity index (χ1v) is 4.41. The maximum Gasteiger partial charge on any atom is 0.246 e. The van der Waals surface area contributed by atoms with Gasteiger partial charge in [0.05, 0.1) is 6.61 Å². The molecule has 0 aliphatic carbocycles. The maximum absolute atomic E-state index is 8.81. The van der Waals surface area contributed by atoms with Crippen molar-refractivity contribution in [3.05, 3.63) is 30.4 Å². The van der Waals surface area contributed by atoms with Gasteiger partial charge in [-0.25, -0.2) is 0 Å². The van der Waals surface area contributed by atoms with E-state index in [1.54, 1.807) is 24.5 Å². The molecule has 0 saturated heterocycles. The molecule has 15 heavy (non-hydrogen) atoms. The van der Waals surface area contributed by atoms with Crippen LogP contribution in [0.2, 0.25) is 0 Å². The average Bonchev–Trinajstić information content (AvgIpc) is 2.78. The van der Waals surface area contributed by atoms with E-state index in [1.165, 1.54) is 0 Å². The summed E-state index contributed by atoms with van der Waals surface area (Å²) in [5.74, 6) is 0.667. The van der Waals surface area contributed by atoms with Gasteiger partial charge in [0.2, 0.25) is 11.7 Å². The van der Waals surface area contributed by atoms with E-state index in [9.17, 15) is 0 Å². The van der Waals surface area contributed by atoms with Crippen molar-refractivity contribution < 1.29 is 9.63 Å². The second kappa shape index (κ2) is 4.16. The van der Waals surface area contributed by atoms with Gasteiger partial charge in [0.15, 0.2) is 0 Å². The van der Waals surface area contributed by atoms with E-state index in [-0.39, 0.29) is 12.5 Å². The summed E-state index contributed by atoms with van der Waals surface area (Å²) >= 11 is 0. The Bertz CT molecular complexity index is 429. The van der Waals surface area contributed by atoms with Gasteiger partial charge in [-0.15, -0.1) is 0 Å². The lowest BCUT2D eigenvalue weighted by Gasteiger charge is -1.98. The number of aromatic nitrogens is 3. The minimum Gasteiger partial charge on any atom is -0.394 e. The molecule has 1 atom stereocenters. The van der Waals surface area contributed by atoms with E-state index in [1.807, 2.05) is 0 Å². The Balaban J connectivity index is 2.28. The molecule has 0 spiro atoms. The summed E-state index contributed by atoms with van der Waals surface area (Å²) < 4.78 is 4.91. The van der Waals surface area contributed by atoms with Crippen molar-refractivity contribution >= 4 is 0 Å². The van der Waals surface area contributed by atoms with Crippen molar-refractivity contribution in [1.29, 1.82) is 0 Å². The molecule has 2 aromatic rings. The molecule has 0 radical (unpaired) electrons. The SMILES string of the molecule is N[C@H](CO)c1nc(-c2ccncc2)no1. The standard InChI is InChI=1S/C9H10N4O2/c10-7(5-14)9-12-8(13-15-9)6-1-3-11-4-2-6/h1-4,7,14H,5,10H2/t7-/m1/s1. The third kappa shape index (κ3) is 2.00. The molecular formula is C9H10N4O2. The van der Waals surface area contributed by atoms with Crippen LogP contribution in [0.4, 0.5) is 0 Å². The first kappa shape index (κ1) is 9.75. The van der Waals surface area contributed by atoms with Crippen LogP contribution in [0.15, 0.2) is 29.0 Å². The molecule has 0 fully saturated rings. The number of aliphatic hydroxyl groups is 1. The predicted molar refractivity (Wildman–Crippen MR) is 51.5 cm³/mol. The third-order valence-corrected chi connectivity index (χ3v) is 1.89. The van der Waals surface area contributed by atoms with Gasteiger partial charge in [-0.05, 0) is 12.1 Å². The maximum atomic E-state index is 8.81.